The van der Waals surface area contributed by atoms with Crippen molar-refractivity contribution in [3.8, 4) is 0 Å². The van der Waals surface area contributed by atoms with Crippen LogP contribution in [0, 0.1) is 0 Å². The van der Waals surface area contributed by atoms with E-state index in [-0.39, 0.29) is 6.61 Å². The first-order chi connectivity index (χ1) is 6.85. The summed E-state index contributed by atoms with van der Waals surface area (Å²) in [5.74, 6) is 0. The Kier molecular flexibility index (Phi) is 10.9. The molecule has 0 radical (unpaired) electrons. The lowest BCUT2D eigenvalue weighted by atomic mass is 10.2. The van der Waals surface area contributed by atoms with Gasteiger partial charge in [-0.05, 0) is 32.4 Å². The maximum absolute atomic E-state index is 8.83. The Morgan fingerprint density at radius 3 is 2.07 bits per heavy atom. The zero-order chi connectivity index (χ0) is 10.6. The van der Waals surface area contributed by atoms with Crippen molar-refractivity contribution in [2.24, 2.45) is 0 Å². The Hall–Kier alpha value is -0.120. The number of rotatable bonds is 10. The van der Waals surface area contributed by atoms with Gasteiger partial charge in [0, 0.05) is 13.2 Å². The zero-order valence-corrected chi connectivity index (χ0v) is 9.41. The molecule has 0 rings (SSSR count). The number of hydrogen-bond donors (Lipinski definition) is 2. The molecule has 0 aliphatic carbocycles. The second kappa shape index (κ2) is 11.0. The molecule has 0 aromatic rings. The van der Waals surface area contributed by atoms with E-state index in [0.717, 1.165) is 38.9 Å². The topological polar surface area (TPSA) is 43.7 Å². The largest absolute Gasteiger partial charge is 0.396 e. The van der Waals surface area contributed by atoms with Gasteiger partial charge in [0.2, 0.25) is 0 Å². The molecule has 14 heavy (non-hydrogen) atoms. The number of nitrogens with zero attached hydrogens (tertiary/aromatic N) is 1. The Morgan fingerprint density at radius 1 is 0.786 bits per heavy atom. The molecule has 0 aliphatic rings. The fraction of sp³-hybridized carbons (Fsp3) is 1.00. The van der Waals surface area contributed by atoms with Gasteiger partial charge in [0.25, 0.3) is 0 Å². The van der Waals surface area contributed by atoms with Gasteiger partial charge in [-0.25, -0.2) is 0 Å². The van der Waals surface area contributed by atoms with Crippen LogP contribution in [-0.2, 0) is 0 Å². The molecule has 0 atom stereocenters. The molecule has 3 heteroatoms. The monoisotopic (exact) mass is 203 g/mol. The molecule has 0 bridgehead atoms. The Bertz CT molecular complexity index is 103. The molecule has 0 unspecified atom stereocenters. The minimum Gasteiger partial charge on any atom is -0.396 e. The van der Waals surface area contributed by atoms with E-state index in [1.807, 2.05) is 0 Å². The lowest BCUT2D eigenvalue weighted by Crippen LogP contribution is -2.28. The van der Waals surface area contributed by atoms with Gasteiger partial charge in [0.15, 0.2) is 0 Å². The van der Waals surface area contributed by atoms with Crippen molar-refractivity contribution >= 4 is 0 Å². The molecule has 0 fully saturated rings. The van der Waals surface area contributed by atoms with Crippen molar-refractivity contribution in [3.05, 3.63) is 0 Å². The molecule has 3 nitrogen and oxygen atoms in total. The zero-order valence-electron chi connectivity index (χ0n) is 9.41. The van der Waals surface area contributed by atoms with Gasteiger partial charge in [0.1, 0.15) is 0 Å². The third kappa shape index (κ3) is 8.48. The van der Waals surface area contributed by atoms with Gasteiger partial charge in [-0.2, -0.15) is 0 Å². The fourth-order valence-corrected chi connectivity index (χ4v) is 1.59. The predicted molar refractivity (Wildman–Crippen MR) is 59.4 cm³/mol. The molecular formula is C11H25NO2. The van der Waals surface area contributed by atoms with Crippen molar-refractivity contribution < 1.29 is 10.2 Å². The van der Waals surface area contributed by atoms with E-state index in [2.05, 4.69) is 11.8 Å². The van der Waals surface area contributed by atoms with Gasteiger partial charge in [-0.3, -0.25) is 0 Å². The van der Waals surface area contributed by atoms with Crippen molar-refractivity contribution in [2.75, 3.05) is 32.8 Å². The van der Waals surface area contributed by atoms with Crippen LogP contribution in [0.2, 0.25) is 0 Å². The normalized spacial score (nSPS) is 11.1. The molecule has 0 heterocycles. The number of unbranched alkanes of at least 4 members (excludes halogenated alkanes) is 3. The van der Waals surface area contributed by atoms with E-state index >= 15 is 0 Å². The van der Waals surface area contributed by atoms with Gasteiger partial charge < -0.3 is 15.1 Å². The number of aliphatic hydroxyl groups is 2. The van der Waals surface area contributed by atoms with E-state index < -0.39 is 0 Å². The van der Waals surface area contributed by atoms with Crippen LogP contribution in [0.3, 0.4) is 0 Å². The average Bonchev–Trinajstić information content (AvgIpc) is 2.18. The van der Waals surface area contributed by atoms with E-state index in [0.29, 0.717) is 6.61 Å². The maximum Gasteiger partial charge on any atom is 0.0558 e. The summed E-state index contributed by atoms with van der Waals surface area (Å²) in [5, 5.41) is 17.4. The van der Waals surface area contributed by atoms with Gasteiger partial charge >= 0.3 is 0 Å². The van der Waals surface area contributed by atoms with E-state index in [9.17, 15) is 0 Å². The second-order valence-corrected chi connectivity index (χ2v) is 3.70. The van der Waals surface area contributed by atoms with Crippen LogP contribution in [0.15, 0.2) is 0 Å². The van der Waals surface area contributed by atoms with Crippen LogP contribution in [0.4, 0.5) is 0 Å². The third-order valence-corrected chi connectivity index (χ3v) is 2.34. The first-order valence-electron chi connectivity index (χ1n) is 5.79. The molecule has 86 valence electrons. The summed E-state index contributed by atoms with van der Waals surface area (Å²) < 4.78 is 0. The minimum atomic E-state index is 0.261. The van der Waals surface area contributed by atoms with Gasteiger partial charge in [0.05, 0.1) is 6.61 Å². The van der Waals surface area contributed by atoms with Gasteiger partial charge in [-0.1, -0.05) is 19.8 Å². The minimum absolute atomic E-state index is 0.261. The van der Waals surface area contributed by atoms with Crippen LogP contribution < -0.4 is 0 Å². The van der Waals surface area contributed by atoms with E-state index in [1.54, 1.807) is 0 Å². The number of hydrogen-bond acceptors (Lipinski definition) is 3. The van der Waals surface area contributed by atoms with Crippen LogP contribution in [-0.4, -0.2) is 48.0 Å². The van der Waals surface area contributed by atoms with Crippen molar-refractivity contribution in [1.29, 1.82) is 0 Å². The lowest BCUT2D eigenvalue weighted by Gasteiger charge is -2.20. The van der Waals surface area contributed by atoms with E-state index in [1.165, 1.54) is 12.8 Å². The molecule has 0 saturated carbocycles. The van der Waals surface area contributed by atoms with Crippen molar-refractivity contribution in [3.63, 3.8) is 0 Å². The molecule has 0 spiro atoms. The fourth-order valence-electron chi connectivity index (χ4n) is 1.59. The van der Waals surface area contributed by atoms with E-state index in [4.69, 9.17) is 10.2 Å². The Morgan fingerprint density at radius 2 is 1.50 bits per heavy atom. The smallest absolute Gasteiger partial charge is 0.0558 e. The highest BCUT2D eigenvalue weighted by molar-refractivity contribution is 4.56. The quantitative estimate of drug-likeness (QED) is 0.525. The van der Waals surface area contributed by atoms with Gasteiger partial charge in [-0.15, -0.1) is 0 Å². The summed E-state index contributed by atoms with van der Waals surface area (Å²) in [6.07, 6.45) is 5.56. The average molecular weight is 203 g/mol. The molecule has 0 amide bonds. The highest BCUT2D eigenvalue weighted by atomic mass is 16.3. The van der Waals surface area contributed by atoms with Crippen molar-refractivity contribution in [2.45, 2.75) is 39.0 Å². The molecule has 0 aromatic carbocycles. The first-order valence-corrected chi connectivity index (χ1v) is 5.79. The summed E-state index contributed by atoms with van der Waals surface area (Å²) >= 11 is 0. The molecule has 0 saturated heterocycles. The van der Waals surface area contributed by atoms with Crippen LogP contribution >= 0.6 is 0 Å². The summed E-state index contributed by atoms with van der Waals surface area (Å²) in [5.41, 5.74) is 0. The number of aliphatic hydroxyl groups excluding tert-OH is 2. The first kappa shape index (κ1) is 13.9. The molecule has 0 aromatic heterocycles. The molecular weight excluding hydrogens is 178 g/mol. The Balaban J connectivity index is 3.30. The lowest BCUT2D eigenvalue weighted by molar-refractivity contribution is 0.192. The second-order valence-electron chi connectivity index (χ2n) is 3.70. The summed E-state index contributed by atoms with van der Waals surface area (Å²) in [4.78, 5) is 2.30. The summed E-state index contributed by atoms with van der Waals surface area (Å²) in [6, 6.07) is 0. The summed E-state index contributed by atoms with van der Waals surface area (Å²) in [6.45, 7) is 5.70. The standard InChI is InChI=1S/C11H25NO2/c1-2-7-12(9-11-14)8-5-3-4-6-10-13/h13-14H,2-11H2,1H3. The highest BCUT2D eigenvalue weighted by Gasteiger charge is 2.01. The third-order valence-electron chi connectivity index (χ3n) is 2.34. The maximum atomic E-state index is 8.83. The van der Waals surface area contributed by atoms with Crippen LogP contribution in [0.25, 0.3) is 0 Å². The molecule has 0 aliphatic heterocycles. The highest BCUT2D eigenvalue weighted by Crippen LogP contribution is 2.01. The SMILES string of the molecule is CCCN(CCO)CCCCCCO. The molecule has 2 N–H and O–H groups in total. The summed E-state index contributed by atoms with van der Waals surface area (Å²) in [7, 11) is 0. The Labute approximate surface area is 87.7 Å². The van der Waals surface area contributed by atoms with Crippen molar-refractivity contribution in [1.82, 2.24) is 4.90 Å². The van der Waals surface area contributed by atoms with Crippen LogP contribution in [0.1, 0.15) is 39.0 Å². The predicted octanol–water partition coefficient (Wildman–Crippen LogP) is 1.24. The van der Waals surface area contributed by atoms with Crippen LogP contribution in [0.5, 0.6) is 0 Å².